The average molecular weight is 184 g/mol. The van der Waals surface area contributed by atoms with E-state index in [2.05, 4.69) is 23.8 Å². The van der Waals surface area contributed by atoms with Gasteiger partial charge in [-0.2, -0.15) is 0 Å². The van der Waals surface area contributed by atoms with Crippen molar-refractivity contribution in [3.05, 3.63) is 0 Å². The summed E-state index contributed by atoms with van der Waals surface area (Å²) in [5.74, 6) is 0. The fourth-order valence-electron chi connectivity index (χ4n) is 2.38. The summed E-state index contributed by atoms with van der Waals surface area (Å²) in [6, 6.07) is 0. The lowest BCUT2D eigenvalue weighted by Crippen LogP contribution is -2.59. The van der Waals surface area contributed by atoms with Crippen LogP contribution < -0.4 is 0 Å². The second-order valence-corrected chi connectivity index (χ2v) is 4.01. The van der Waals surface area contributed by atoms with Gasteiger partial charge in [-0.05, 0) is 26.4 Å². The minimum absolute atomic E-state index is 0.607. The van der Waals surface area contributed by atoms with Crippen molar-refractivity contribution in [2.75, 3.05) is 33.2 Å². The first-order chi connectivity index (χ1) is 6.27. The van der Waals surface area contributed by atoms with Crippen LogP contribution in [0.25, 0.3) is 0 Å². The van der Waals surface area contributed by atoms with E-state index in [1.807, 2.05) is 13.8 Å². The van der Waals surface area contributed by atoms with Gasteiger partial charge >= 0.3 is 0 Å². The van der Waals surface area contributed by atoms with Crippen molar-refractivity contribution in [3.8, 4) is 0 Å². The molecular formula is C11H24N2. The molecule has 1 spiro atoms. The van der Waals surface area contributed by atoms with E-state index in [9.17, 15) is 0 Å². The van der Waals surface area contributed by atoms with E-state index in [-0.39, 0.29) is 0 Å². The molecule has 2 aliphatic rings. The molecule has 2 heterocycles. The van der Waals surface area contributed by atoms with E-state index >= 15 is 0 Å². The molecule has 0 bridgehead atoms. The first-order valence-corrected chi connectivity index (χ1v) is 5.70. The first-order valence-electron chi connectivity index (χ1n) is 5.70. The second-order valence-electron chi connectivity index (χ2n) is 4.01. The van der Waals surface area contributed by atoms with Gasteiger partial charge in [0.2, 0.25) is 0 Å². The van der Waals surface area contributed by atoms with Crippen molar-refractivity contribution >= 4 is 0 Å². The van der Waals surface area contributed by atoms with Crippen LogP contribution in [0, 0.1) is 0 Å². The Bertz CT molecular complexity index is 158. The summed E-state index contributed by atoms with van der Waals surface area (Å²) in [7, 11) is 2.27. The number of hydrogen-bond acceptors (Lipinski definition) is 2. The fraction of sp³-hybridized carbons (Fsp3) is 1.00. The summed E-state index contributed by atoms with van der Waals surface area (Å²) < 4.78 is 0. The second kappa shape index (κ2) is 4.43. The van der Waals surface area contributed by atoms with Crippen LogP contribution in [0.4, 0.5) is 0 Å². The molecule has 78 valence electrons. The zero-order valence-electron chi connectivity index (χ0n) is 9.64. The van der Waals surface area contributed by atoms with Crippen molar-refractivity contribution in [2.45, 2.75) is 39.2 Å². The molecule has 0 aromatic carbocycles. The van der Waals surface area contributed by atoms with Crippen LogP contribution in [-0.4, -0.2) is 48.6 Å². The van der Waals surface area contributed by atoms with Crippen molar-refractivity contribution in [1.29, 1.82) is 0 Å². The van der Waals surface area contributed by atoms with Gasteiger partial charge in [-0.25, -0.2) is 0 Å². The molecule has 0 N–H and O–H groups in total. The molecule has 1 atom stereocenters. The molecule has 1 unspecified atom stereocenters. The van der Waals surface area contributed by atoms with Gasteiger partial charge in [0, 0.05) is 25.2 Å². The minimum atomic E-state index is 0.607. The Labute approximate surface area is 82.9 Å². The Morgan fingerprint density at radius 3 is 2.00 bits per heavy atom. The lowest BCUT2D eigenvalue weighted by molar-refractivity contribution is 0.0200. The normalized spacial score (nSPS) is 34.2. The maximum atomic E-state index is 2.57. The largest absolute Gasteiger partial charge is 0.302 e. The quantitative estimate of drug-likeness (QED) is 0.613. The molecule has 0 saturated carbocycles. The lowest BCUT2D eigenvalue weighted by atomic mass is 9.85. The summed E-state index contributed by atoms with van der Waals surface area (Å²) in [6.45, 7) is 11.5. The van der Waals surface area contributed by atoms with Crippen LogP contribution in [0.15, 0.2) is 0 Å². The Kier molecular flexibility index (Phi) is 3.74. The highest BCUT2D eigenvalue weighted by Gasteiger charge is 2.46. The predicted octanol–water partition coefficient (Wildman–Crippen LogP) is 1.81. The molecule has 13 heavy (non-hydrogen) atoms. The number of hydrogen-bond donors (Lipinski definition) is 0. The van der Waals surface area contributed by atoms with E-state index in [1.165, 1.54) is 39.0 Å². The highest BCUT2D eigenvalue weighted by molar-refractivity contribution is 5.04. The third-order valence-electron chi connectivity index (χ3n) is 3.58. The van der Waals surface area contributed by atoms with Crippen LogP contribution in [-0.2, 0) is 0 Å². The van der Waals surface area contributed by atoms with Crippen molar-refractivity contribution in [2.24, 2.45) is 0 Å². The lowest BCUT2D eigenvalue weighted by Gasteiger charge is -2.48. The third kappa shape index (κ3) is 1.89. The van der Waals surface area contributed by atoms with Crippen LogP contribution >= 0.6 is 0 Å². The van der Waals surface area contributed by atoms with Crippen LogP contribution in [0.3, 0.4) is 0 Å². The van der Waals surface area contributed by atoms with Crippen LogP contribution in [0.5, 0.6) is 0 Å². The van der Waals surface area contributed by atoms with Gasteiger partial charge in [-0.1, -0.05) is 20.8 Å². The average Bonchev–Trinajstić information content (AvgIpc) is 2.65. The summed E-state index contributed by atoms with van der Waals surface area (Å²) in [5.41, 5.74) is 0.607. The van der Waals surface area contributed by atoms with Gasteiger partial charge in [0.05, 0.1) is 0 Å². The smallest absolute Gasteiger partial charge is 0.0357 e. The summed E-state index contributed by atoms with van der Waals surface area (Å²) in [4.78, 5) is 5.10. The summed E-state index contributed by atoms with van der Waals surface area (Å²) >= 11 is 0. The molecule has 2 aliphatic heterocycles. The maximum absolute atomic E-state index is 2.57. The molecule has 2 heteroatoms. The van der Waals surface area contributed by atoms with E-state index in [0.717, 1.165) is 0 Å². The number of nitrogens with zero attached hydrogens (tertiary/aromatic N) is 2. The van der Waals surface area contributed by atoms with Crippen LogP contribution in [0.1, 0.15) is 33.6 Å². The molecule has 2 rings (SSSR count). The predicted molar refractivity (Wildman–Crippen MR) is 58.1 cm³/mol. The van der Waals surface area contributed by atoms with E-state index in [1.54, 1.807) is 0 Å². The molecule has 2 fully saturated rings. The standard InChI is InChI=1S/C9H18N2.C2H6/c1-3-11-7-5-9(8-11)4-6-10(9)2;1-2/h3-8H2,1-2H3;1-2H3. The molecule has 0 radical (unpaired) electrons. The van der Waals surface area contributed by atoms with Gasteiger partial charge < -0.3 is 4.90 Å². The zero-order valence-corrected chi connectivity index (χ0v) is 9.64. The van der Waals surface area contributed by atoms with Gasteiger partial charge in [0.25, 0.3) is 0 Å². The number of likely N-dealkylation sites (N-methyl/N-ethyl adjacent to an activating group) is 2. The first kappa shape index (κ1) is 11.0. The Morgan fingerprint density at radius 1 is 1.15 bits per heavy atom. The van der Waals surface area contributed by atoms with Crippen molar-refractivity contribution < 1.29 is 0 Å². The summed E-state index contributed by atoms with van der Waals surface area (Å²) in [6.07, 6.45) is 2.83. The van der Waals surface area contributed by atoms with Gasteiger partial charge in [-0.15, -0.1) is 0 Å². The molecule has 0 aliphatic carbocycles. The van der Waals surface area contributed by atoms with Crippen molar-refractivity contribution in [3.63, 3.8) is 0 Å². The van der Waals surface area contributed by atoms with Gasteiger partial charge in [0.15, 0.2) is 0 Å². The summed E-state index contributed by atoms with van der Waals surface area (Å²) in [5, 5.41) is 0. The number of rotatable bonds is 1. The zero-order chi connectivity index (χ0) is 9.90. The Balaban J connectivity index is 0.000000396. The fourth-order valence-corrected chi connectivity index (χ4v) is 2.38. The molecule has 0 aromatic rings. The number of likely N-dealkylation sites (tertiary alicyclic amines) is 2. The van der Waals surface area contributed by atoms with E-state index < -0.39 is 0 Å². The van der Waals surface area contributed by atoms with E-state index in [4.69, 9.17) is 0 Å². The van der Waals surface area contributed by atoms with Crippen LogP contribution in [0.2, 0.25) is 0 Å². The van der Waals surface area contributed by atoms with Crippen molar-refractivity contribution in [1.82, 2.24) is 9.80 Å². The SMILES string of the molecule is CC.CCN1CCC2(CCN2C)C1. The molecule has 2 nitrogen and oxygen atoms in total. The monoisotopic (exact) mass is 184 g/mol. The van der Waals surface area contributed by atoms with Gasteiger partial charge in [-0.3, -0.25) is 4.90 Å². The minimum Gasteiger partial charge on any atom is -0.302 e. The van der Waals surface area contributed by atoms with Gasteiger partial charge in [0.1, 0.15) is 0 Å². The Morgan fingerprint density at radius 2 is 1.77 bits per heavy atom. The molecule has 2 saturated heterocycles. The third-order valence-corrected chi connectivity index (χ3v) is 3.58. The molecular weight excluding hydrogens is 160 g/mol. The molecule has 0 aromatic heterocycles. The maximum Gasteiger partial charge on any atom is 0.0357 e. The Hall–Kier alpha value is -0.0800. The van der Waals surface area contributed by atoms with E-state index in [0.29, 0.717) is 5.54 Å². The highest BCUT2D eigenvalue weighted by Crippen LogP contribution is 2.37. The topological polar surface area (TPSA) is 6.48 Å². The molecule has 0 amide bonds. The highest BCUT2D eigenvalue weighted by atomic mass is 15.3.